The maximum Gasteiger partial charge on any atom is 0.353 e. The van der Waals surface area contributed by atoms with Gasteiger partial charge in [0.2, 0.25) is 11.6 Å². The molecule has 3 rings (SSSR count). The number of nitro groups is 1. The Labute approximate surface area is 172 Å². The van der Waals surface area contributed by atoms with Crippen LogP contribution in [0, 0.1) is 15.9 Å². The molecular weight excluding hydrogens is 397 g/mol. The molecule has 1 heterocycles. The molecule has 3 aromatic rings. The Hall–Kier alpha value is -3.26. The monoisotopic (exact) mass is 415 g/mol. The van der Waals surface area contributed by atoms with Crippen molar-refractivity contribution in [1.29, 1.82) is 0 Å². The van der Waals surface area contributed by atoms with Gasteiger partial charge < -0.3 is 10.6 Å². The van der Waals surface area contributed by atoms with Gasteiger partial charge in [-0.3, -0.25) is 10.1 Å². The van der Waals surface area contributed by atoms with Crippen LogP contribution in [0.25, 0.3) is 0 Å². The van der Waals surface area contributed by atoms with E-state index in [0.29, 0.717) is 11.4 Å². The van der Waals surface area contributed by atoms with Crippen LogP contribution in [0.1, 0.15) is 25.3 Å². The Morgan fingerprint density at radius 2 is 1.69 bits per heavy atom. The molecule has 2 aromatic carbocycles. The van der Waals surface area contributed by atoms with Crippen LogP contribution in [-0.2, 0) is 6.42 Å². The van der Waals surface area contributed by atoms with E-state index in [0.717, 1.165) is 25.3 Å². The van der Waals surface area contributed by atoms with Crippen molar-refractivity contribution < 1.29 is 9.31 Å². The topological polar surface area (TPSA) is 93.0 Å². The summed E-state index contributed by atoms with van der Waals surface area (Å²) in [7, 11) is 0. The molecular formula is C20H19ClFN5O2. The van der Waals surface area contributed by atoms with Gasteiger partial charge in [-0.25, -0.2) is 14.4 Å². The maximum absolute atomic E-state index is 13.3. The smallest absolute Gasteiger partial charge is 0.334 e. The average Bonchev–Trinajstić information content (AvgIpc) is 2.70. The molecule has 0 aliphatic heterocycles. The van der Waals surface area contributed by atoms with Gasteiger partial charge in [-0.1, -0.05) is 37.1 Å². The normalized spacial score (nSPS) is 10.6. The van der Waals surface area contributed by atoms with Crippen LogP contribution < -0.4 is 10.6 Å². The largest absolute Gasteiger partial charge is 0.353 e. The van der Waals surface area contributed by atoms with E-state index in [1.54, 1.807) is 0 Å². The van der Waals surface area contributed by atoms with Crippen molar-refractivity contribution in [2.75, 3.05) is 10.6 Å². The molecule has 0 amide bonds. The maximum atomic E-state index is 13.3. The molecule has 0 spiro atoms. The number of nitrogens with zero attached hydrogens (tertiary/aromatic N) is 3. The van der Waals surface area contributed by atoms with Crippen molar-refractivity contribution >= 4 is 40.3 Å². The van der Waals surface area contributed by atoms with Crippen LogP contribution in [0.4, 0.5) is 33.1 Å². The van der Waals surface area contributed by atoms with Crippen LogP contribution >= 0.6 is 11.6 Å². The zero-order valence-corrected chi connectivity index (χ0v) is 16.4. The van der Waals surface area contributed by atoms with Crippen molar-refractivity contribution in [2.24, 2.45) is 0 Å². The first-order valence-corrected chi connectivity index (χ1v) is 9.43. The van der Waals surface area contributed by atoms with Gasteiger partial charge in [0.05, 0.1) is 9.95 Å². The minimum atomic E-state index is -0.584. The summed E-state index contributed by atoms with van der Waals surface area (Å²) in [5.41, 5.74) is 1.90. The number of aryl methyl sites for hydroxylation is 1. The minimum absolute atomic E-state index is 0.0326. The van der Waals surface area contributed by atoms with Gasteiger partial charge in [0, 0.05) is 11.4 Å². The fraction of sp³-hybridized carbons (Fsp3) is 0.200. The number of benzene rings is 2. The molecule has 0 atom stereocenters. The van der Waals surface area contributed by atoms with E-state index >= 15 is 0 Å². The molecule has 0 unspecified atom stereocenters. The quantitative estimate of drug-likeness (QED) is 0.346. The Morgan fingerprint density at radius 1 is 1.07 bits per heavy atom. The summed E-state index contributed by atoms with van der Waals surface area (Å²) in [5.74, 6) is -0.573. The Kier molecular flexibility index (Phi) is 6.56. The highest BCUT2D eigenvalue weighted by Gasteiger charge is 2.23. The highest BCUT2D eigenvalue weighted by Crippen LogP contribution is 2.33. The van der Waals surface area contributed by atoms with Gasteiger partial charge >= 0.3 is 5.69 Å². The van der Waals surface area contributed by atoms with Gasteiger partial charge in [-0.05, 0) is 48.7 Å². The number of anilines is 4. The van der Waals surface area contributed by atoms with Crippen LogP contribution in [0.15, 0.2) is 48.8 Å². The molecule has 0 radical (unpaired) electrons. The standard InChI is InChI=1S/C20H19ClFN5O2/c1-2-3-4-13-5-7-14(8-6-13)25-19-18(27(28)29)20(24-12-23-19)26-15-9-10-17(22)16(21)11-15/h5-12H,2-4H2,1H3,(H2,23,24,25,26). The third-order valence-corrected chi connectivity index (χ3v) is 4.51. The minimum Gasteiger partial charge on any atom is -0.334 e. The predicted octanol–water partition coefficient (Wildman–Crippen LogP) is 6.01. The number of hydrogen-bond donors (Lipinski definition) is 2. The fourth-order valence-electron chi connectivity index (χ4n) is 2.72. The summed E-state index contributed by atoms with van der Waals surface area (Å²) < 4.78 is 13.3. The van der Waals surface area contributed by atoms with Gasteiger partial charge in [0.1, 0.15) is 12.1 Å². The number of halogens is 2. The molecule has 7 nitrogen and oxygen atoms in total. The van der Waals surface area contributed by atoms with Gasteiger partial charge in [-0.15, -0.1) is 0 Å². The summed E-state index contributed by atoms with van der Waals surface area (Å²) in [6.45, 7) is 2.13. The second-order valence-corrected chi connectivity index (χ2v) is 6.76. The first-order valence-electron chi connectivity index (χ1n) is 9.05. The lowest BCUT2D eigenvalue weighted by Gasteiger charge is -2.11. The van der Waals surface area contributed by atoms with Crippen molar-refractivity contribution in [3.8, 4) is 0 Å². The fourth-order valence-corrected chi connectivity index (χ4v) is 2.90. The third-order valence-electron chi connectivity index (χ3n) is 4.22. The summed E-state index contributed by atoms with van der Waals surface area (Å²) in [5, 5.41) is 17.3. The van der Waals surface area contributed by atoms with Gasteiger partial charge in [-0.2, -0.15) is 0 Å². The molecule has 0 aliphatic carbocycles. The molecule has 150 valence electrons. The molecule has 29 heavy (non-hydrogen) atoms. The summed E-state index contributed by atoms with van der Waals surface area (Å²) in [6.07, 6.45) is 4.41. The van der Waals surface area contributed by atoms with E-state index in [2.05, 4.69) is 27.5 Å². The van der Waals surface area contributed by atoms with E-state index in [-0.39, 0.29) is 22.3 Å². The van der Waals surface area contributed by atoms with E-state index in [9.17, 15) is 14.5 Å². The lowest BCUT2D eigenvalue weighted by Crippen LogP contribution is -2.05. The predicted molar refractivity (Wildman–Crippen MR) is 112 cm³/mol. The Bertz CT molecular complexity index is 1010. The zero-order chi connectivity index (χ0) is 20.8. The lowest BCUT2D eigenvalue weighted by molar-refractivity contribution is -0.383. The molecule has 9 heteroatoms. The first kappa shape index (κ1) is 20.5. The van der Waals surface area contributed by atoms with E-state index in [1.807, 2.05) is 24.3 Å². The Morgan fingerprint density at radius 3 is 2.28 bits per heavy atom. The molecule has 0 fully saturated rings. The van der Waals surface area contributed by atoms with Crippen LogP contribution in [0.3, 0.4) is 0 Å². The van der Waals surface area contributed by atoms with Crippen LogP contribution in [0.5, 0.6) is 0 Å². The van der Waals surface area contributed by atoms with Gasteiger partial charge in [0.25, 0.3) is 0 Å². The Balaban J connectivity index is 1.86. The SMILES string of the molecule is CCCCc1ccc(Nc2ncnc(Nc3ccc(F)c(Cl)c3)c2[N+](=O)[O-])cc1. The molecule has 0 saturated heterocycles. The summed E-state index contributed by atoms with van der Waals surface area (Å²) in [6, 6.07) is 11.6. The molecule has 0 saturated carbocycles. The number of aromatic nitrogens is 2. The molecule has 1 aromatic heterocycles. The number of nitrogens with one attached hydrogen (secondary N) is 2. The van der Waals surface area contributed by atoms with Crippen molar-refractivity contribution in [3.05, 3.63) is 75.3 Å². The highest BCUT2D eigenvalue weighted by molar-refractivity contribution is 6.31. The zero-order valence-electron chi connectivity index (χ0n) is 15.7. The second kappa shape index (κ2) is 9.29. The second-order valence-electron chi connectivity index (χ2n) is 6.36. The number of hydrogen-bond acceptors (Lipinski definition) is 6. The van der Waals surface area contributed by atoms with Crippen molar-refractivity contribution in [2.45, 2.75) is 26.2 Å². The van der Waals surface area contributed by atoms with Crippen LogP contribution in [0.2, 0.25) is 5.02 Å². The van der Waals surface area contributed by atoms with Crippen LogP contribution in [-0.4, -0.2) is 14.9 Å². The van der Waals surface area contributed by atoms with E-state index in [1.165, 1.54) is 24.0 Å². The van der Waals surface area contributed by atoms with E-state index < -0.39 is 10.7 Å². The number of rotatable bonds is 8. The van der Waals surface area contributed by atoms with E-state index in [4.69, 9.17) is 11.6 Å². The van der Waals surface area contributed by atoms with Crippen molar-refractivity contribution in [1.82, 2.24) is 9.97 Å². The van der Waals surface area contributed by atoms with Gasteiger partial charge in [0.15, 0.2) is 0 Å². The van der Waals surface area contributed by atoms with Crippen molar-refractivity contribution in [3.63, 3.8) is 0 Å². The lowest BCUT2D eigenvalue weighted by atomic mass is 10.1. The first-order chi connectivity index (χ1) is 14.0. The summed E-state index contributed by atoms with van der Waals surface area (Å²) >= 11 is 5.77. The highest BCUT2D eigenvalue weighted by atomic mass is 35.5. The average molecular weight is 416 g/mol. The molecule has 0 aliphatic rings. The summed E-state index contributed by atoms with van der Waals surface area (Å²) in [4.78, 5) is 19.1. The number of unbranched alkanes of at least 4 members (excludes halogenated alkanes) is 1. The third kappa shape index (κ3) is 5.17. The molecule has 2 N–H and O–H groups in total. The molecule has 0 bridgehead atoms.